The largest absolute Gasteiger partial charge is 0.469 e. The molecule has 22 heavy (non-hydrogen) atoms. The van der Waals surface area contributed by atoms with Gasteiger partial charge in [0, 0.05) is 6.54 Å². The van der Waals surface area contributed by atoms with Gasteiger partial charge in [0.2, 0.25) is 0 Å². The van der Waals surface area contributed by atoms with E-state index in [9.17, 15) is 4.57 Å². The molecule has 0 atom stereocenters. The van der Waals surface area contributed by atoms with Crippen molar-refractivity contribution in [2.75, 3.05) is 19.7 Å². The van der Waals surface area contributed by atoms with Gasteiger partial charge in [0.25, 0.3) is 0 Å². The van der Waals surface area contributed by atoms with Gasteiger partial charge in [-0.25, -0.2) is 4.57 Å². The molecule has 0 unspecified atom stereocenters. The second-order valence-corrected chi connectivity index (χ2v) is 7.20. The Labute approximate surface area is 136 Å². The molecule has 0 heterocycles. The molecule has 0 bridgehead atoms. The number of phosphoric ester groups is 1. The van der Waals surface area contributed by atoms with E-state index in [1.165, 1.54) is 70.6 Å². The van der Waals surface area contributed by atoms with E-state index in [4.69, 9.17) is 9.79 Å². The van der Waals surface area contributed by atoms with Crippen molar-refractivity contribution in [3.05, 3.63) is 0 Å². The molecule has 6 heteroatoms. The van der Waals surface area contributed by atoms with E-state index in [1.54, 1.807) is 0 Å². The molecule has 134 valence electrons. The maximum absolute atomic E-state index is 10.4. The number of nitrogens with one attached hydrogen (secondary N) is 1. The number of rotatable bonds is 17. The third-order valence-corrected chi connectivity index (χ3v) is 4.26. The van der Waals surface area contributed by atoms with E-state index in [0.717, 1.165) is 13.0 Å². The van der Waals surface area contributed by atoms with Crippen LogP contribution in [0.15, 0.2) is 0 Å². The number of unbranched alkanes of at least 4 members (excludes halogenated alkanes) is 11. The molecule has 0 fully saturated rings. The van der Waals surface area contributed by atoms with Crippen molar-refractivity contribution in [3.63, 3.8) is 0 Å². The fourth-order valence-electron chi connectivity index (χ4n) is 2.45. The molecular formula is C16H36NO4P. The predicted molar refractivity (Wildman–Crippen MR) is 91.9 cm³/mol. The molecule has 0 radical (unpaired) electrons. The lowest BCUT2D eigenvalue weighted by Crippen LogP contribution is -2.20. The van der Waals surface area contributed by atoms with Gasteiger partial charge in [-0.05, 0) is 13.0 Å². The molecule has 0 aromatic rings. The first-order valence-electron chi connectivity index (χ1n) is 8.97. The van der Waals surface area contributed by atoms with Crippen LogP contribution in [0.3, 0.4) is 0 Å². The smallest absolute Gasteiger partial charge is 0.314 e. The zero-order valence-electron chi connectivity index (χ0n) is 14.3. The monoisotopic (exact) mass is 337 g/mol. The molecule has 0 aromatic carbocycles. The van der Waals surface area contributed by atoms with Gasteiger partial charge in [0.05, 0.1) is 6.61 Å². The minimum atomic E-state index is -4.29. The lowest BCUT2D eigenvalue weighted by atomic mass is 10.1. The van der Waals surface area contributed by atoms with Gasteiger partial charge in [-0.2, -0.15) is 0 Å². The molecule has 0 aliphatic rings. The van der Waals surface area contributed by atoms with Crippen LogP contribution < -0.4 is 5.32 Å². The summed E-state index contributed by atoms with van der Waals surface area (Å²) in [4.78, 5) is 17.0. The van der Waals surface area contributed by atoms with E-state index in [1.807, 2.05) is 0 Å². The van der Waals surface area contributed by atoms with Crippen LogP contribution in [-0.4, -0.2) is 29.5 Å². The van der Waals surface area contributed by atoms with Crippen LogP contribution in [0.25, 0.3) is 0 Å². The quantitative estimate of drug-likeness (QED) is 0.271. The van der Waals surface area contributed by atoms with Gasteiger partial charge in [-0.3, -0.25) is 4.52 Å². The Kier molecular flexibility index (Phi) is 16.0. The fourth-order valence-corrected chi connectivity index (χ4v) is 2.78. The summed E-state index contributed by atoms with van der Waals surface area (Å²) in [6.45, 7) is 3.69. The number of phosphoric acid groups is 1. The predicted octanol–water partition coefficient (Wildman–Crippen LogP) is 4.39. The molecular weight excluding hydrogens is 301 g/mol. The van der Waals surface area contributed by atoms with Gasteiger partial charge < -0.3 is 15.1 Å². The highest BCUT2D eigenvalue weighted by molar-refractivity contribution is 7.46. The maximum Gasteiger partial charge on any atom is 0.469 e. The molecule has 0 aromatic heterocycles. The fraction of sp³-hybridized carbons (Fsp3) is 1.00. The second-order valence-electron chi connectivity index (χ2n) is 5.96. The Morgan fingerprint density at radius 3 is 1.68 bits per heavy atom. The van der Waals surface area contributed by atoms with Crippen LogP contribution >= 0.6 is 7.82 Å². The standard InChI is InChI=1S/C16H36NO4P/c1-2-3-4-5-6-7-8-9-10-11-12-13-14-17-15-16-21-22(18,19)20/h17H,2-16H2,1H3,(H2,18,19,20). The molecule has 0 aliphatic heterocycles. The SMILES string of the molecule is CCCCCCCCCCCCCCNCCOP(=O)(O)O. The van der Waals surface area contributed by atoms with Crippen LogP contribution in [0.2, 0.25) is 0 Å². The van der Waals surface area contributed by atoms with Crippen molar-refractivity contribution in [2.45, 2.75) is 84.0 Å². The second kappa shape index (κ2) is 15.9. The lowest BCUT2D eigenvalue weighted by Gasteiger charge is -2.06. The first-order valence-corrected chi connectivity index (χ1v) is 10.5. The minimum absolute atomic E-state index is 0.0581. The molecule has 0 aliphatic carbocycles. The highest BCUT2D eigenvalue weighted by Gasteiger charge is 2.12. The highest BCUT2D eigenvalue weighted by atomic mass is 31.2. The van der Waals surface area contributed by atoms with Crippen molar-refractivity contribution in [1.29, 1.82) is 0 Å². The van der Waals surface area contributed by atoms with Gasteiger partial charge in [-0.1, -0.05) is 77.6 Å². The van der Waals surface area contributed by atoms with Gasteiger partial charge in [0.15, 0.2) is 0 Å². The van der Waals surface area contributed by atoms with Crippen molar-refractivity contribution in [2.24, 2.45) is 0 Å². The van der Waals surface area contributed by atoms with Gasteiger partial charge in [-0.15, -0.1) is 0 Å². The average Bonchev–Trinajstić information content (AvgIpc) is 2.45. The molecule has 3 N–H and O–H groups in total. The van der Waals surface area contributed by atoms with Crippen molar-refractivity contribution < 1.29 is 18.9 Å². The van der Waals surface area contributed by atoms with E-state index in [0.29, 0.717) is 6.54 Å². The Balaban J connectivity index is 3.01. The van der Waals surface area contributed by atoms with E-state index in [2.05, 4.69) is 16.8 Å². The zero-order chi connectivity index (χ0) is 16.5. The van der Waals surface area contributed by atoms with E-state index >= 15 is 0 Å². The summed E-state index contributed by atoms with van der Waals surface area (Å²) in [5, 5.41) is 3.13. The topological polar surface area (TPSA) is 78.8 Å². The first kappa shape index (κ1) is 22.1. The maximum atomic E-state index is 10.4. The molecule has 0 rings (SSSR count). The Bertz CT molecular complexity index is 271. The molecule has 0 amide bonds. The van der Waals surface area contributed by atoms with Crippen molar-refractivity contribution in [1.82, 2.24) is 5.32 Å². The summed E-state index contributed by atoms with van der Waals surface area (Å²) < 4.78 is 14.8. The molecule has 0 saturated carbocycles. The average molecular weight is 337 g/mol. The van der Waals surface area contributed by atoms with Crippen LogP contribution in [0.1, 0.15) is 84.0 Å². The number of hydrogen-bond donors (Lipinski definition) is 3. The van der Waals surface area contributed by atoms with Crippen LogP contribution in [0, 0.1) is 0 Å². The summed E-state index contributed by atoms with van der Waals surface area (Å²) in [7, 11) is -4.29. The van der Waals surface area contributed by atoms with Gasteiger partial charge >= 0.3 is 7.82 Å². The molecule has 0 spiro atoms. The lowest BCUT2D eigenvalue weighted by molar-refractivity contribution is 0.197. The highest BCUT2D eigenvalue weighted by Crippen LogP contribution is 2.35. The number of hydrogen-bond acceptors (Lipinski definition) is 3. The summed E-state index contributed by atoms with van der Waals surface area (Å²) in [6, 6.07) is 0. The van der Waals surface area contributed by atoms with Crippen molar-refractivity contribution >= 4 is 7.82 Å². The van der Waals surface area contributed by atoms with Crippen LogP contribution in [-0.2, 0) is 9.09 Å². The van der Waals surface area contributed by atoms with E-state index in [-0.39, 0.29) is 6.61 Å². The summed E-state index contributed by atoms with van der Waals surface area (Å²) in [5.41, 5.74) is 0. The van der Waals surface area contributed by atoms with E-state index < -0.39 is 7.82 Å². The molecule has 5 nitrogen and oxygen atoms in total. The first-order chi connectivity index (χ1) is 10.6. The summed E-state index contributed by atoms with van der Waals surface area (Å²) in [5.74, 6) is 0. The zero-order valence-corrected chi connectivity index (χ0v) is 15.2. The Hall–Kier alpha value is 0.0700. The Morgan fingerprint density at radius 2 is 1.23 bits per heavy atom. The normalized spacial score (nSPS) is 12.0. The summed E-state index contributed by atoms with van der Waals surface area (Å²) >= 11 is 0. The van der Waals surface area contributed by atoms with Crippen molar-refractivity contribution in [3.8, 4) is 0 Å². The van der Waals surface area contributed by atoms with Crippen LogP contribution in [0.4, 0.5) is 0 Å². The Morgan fingerprint density at radius 1 is 0.773 bits per heavy atom. The molecule has 0 saturated heterocycles. The third kappa shape index (κ3) is 20.1. The summed E-state index contributed by atoms with van der Waals surface area (Å²) in [6.07, 6.45) is 16.0. The third-order valence-electron chi connectivity index (χ3n) is 3.75. The van der Waals surface area contributed by atoms with Crippen LogP contribution in [0.5, 0.6) is 0 Å². The van der Waals surface area contributed by atoms with Gasteiger partial charge in [0.1, 0.15) is 0 Å². The minimum Gasteiger partial charge on any atom is -0.314 e.